The van der Waals surface area contributed by atoms with E-state index >= 15 is 0 Å². The van der Waals surface area contributed by atoms with Crippen LogP contribution in [0.15, 0.2) is 40.9 Å². The molecule has 3 N–H and O–H groups in total. The predicted octanol–water partition coefficient (Wildman–Crippen LogP) is 3.49. The fourth-order valence-electron chi connectivity index (χ4n) is 8.07. The molecule has 13 heteroatoms. The minimum absolute atomic E-state index is 0.00340. The third-order valence-electron chi connectivity index (χ3n) is 11.0. The number of likely N-dealkylation sites (tertiary alicyclic amines) is 3. The lowest BCUT2D eigenvalue weighted by atomic mass is 9.78. The molecule has 3 fully saturated rings. The number of nitrogens with zero attached hydrogens (tertiary/aromatic N) is 4. The first kappa shape index (κ1) is 35.5. The fourth-order valence-corrected chi connectivity index (χ4v) is 8.59. The number of aromatic hydroxyl groups is 1. The van der Waals surface area contributed by atoms with Crippen LogP contribution >= 0.6 is 15.9 Å². The lowest BCUT2D eigenvalue weighted by Crippen LogP contribution is -2.52. The SMILES string of the molecule is [B]c1cc(C[C@@H](OC(=O)N2CCC(N3CCc4ccccc4NC3=O)CC2)C(=O)N2CCC(C3CCN(CCO)CC3)CC2)cc(Br)c1O. The predicted molar refractivity (Wildman–Crippen MR) is 191 cm³/mol. The van der Waals surface area contributed by atoms with Gasteiger partial charge in [-0.25, -0.2) is 9.59 Å². The molecule has 1 atom stereocenters. The van der Waals surface area contributed by atoms with E-state index in [1.54, 1.807) is 17.0 Å². The number of amides is 4. The van der Waals surface area contributed by atoms with Gasteiger partial charge in [-0.2, -0.15) is 0 Å². The molecule has 49 heavy (non-hydrogen) atoms. The Bertz CT molecular complexity index is 1470. The Kier molecular flexibility index (Phi) is 11.7. The Morgan fingerprint density at radius 3 is 2.27 bits per heavy atom. The number of phenols is 1. The molecule has 4 aliphatic rings. The number of carbonyl (C=O) groups is 3. The molecule has 3 saturated heterocycles. The van der Waals surface area contributed by atoms with Crippen molar-refractivity contribution >= 4 is 53.0 Å². The van der Waals surface area contributed by atoms with Crippen LogP contribution in [0.25, 0.3) is 0 Å². The maximum absolute atomic E-state index is 14.0. The molecule has 0 bridgehead atoms. The van der Waals surface area contributed by atoms with E-state index in [0.717, 1.165) is 63.0 Å². The van der Waals surface area contributed by atoms with Crippen molar-refractivity contribution in [3.05, 3.63) is 52.0 Å². The smallest absolute Gasteiger partial charge is 0.410 e. The summed E-state index contributed by atoms with van der Waals surface area (Å²) in [5.41, 5.74) is 2.81. The van der Waals surface area contributed by atoms with Crippen LogP contribution in [-0.2, 0) is 22.4 Å². The number of benzene rings is 2. The third-order valence-corrected chi connectivity index (χ3v) is 11.6. The highest BCUT2D eigenvalue weighted by molar-refractivity contribution is 9.10. The Morgan fingerprint density at radius 2 is 1.59 bits per heavy atom. The zero-order valence-corrected chi connectivity index (χ0v) is 29.7. The molecule has 2 aromatic carbocycles. The third kappa shape index (κ3) is 8.54. The highest BCUT2D eigenvalue weighted by atomic mass is 79.9. The molecular weight excluding hydrogens is 689 g/mol. The minimum atomic E-state index is -1.05. The van der Waals surface area contributed by atoms with Crippen LogP contribution < -0.4 is 10.8 Å². The van der Waals surface area contributed by atoms with Gasteiger partial charge in [-0.05, 0) is 109 Å². The Morgan fingerprint density at radius 1 is 0.939 bits per heavy atom. The zero-order valence-electron chi connectivity index (χ0n) is 28.1. The first-order valence-corrected chi connectivity index (χ1v) is 18.5. The molecule has 6 rings (SSSR count). The Balaban J connectivity index is 1.07. The molecule has 2 aromatic rings. The highest BCUT2D eigenvalue weighted by Crippen LogP contribution is 2.33. The molecule has 2 radical (unpaired) electrons. The van der Waals surface area contributed by atoms with Crippen molar-refractivity contribution in [1.29, 1.82) is 0 Å². The standard InChI is InChI=1S/C36H47BBrN5O6/c37-29-21-24(22-30(38)33(29)45)23-32(34(46)41-14-7-26(8-15-41)25-5-12-40(13-6-25)19-20-44)49-36(48)42-16-10-28(11-17-42)43-18-9-27-3-1-2-4-31(27)39-35(43)47/h1-4,21-22,25-26,28,32,44-45H,5-20,23H2,(H,39,47)/t32-/m1/s1. The van der Waals surface area contributed by atoms with Crippen molar-refractivity contribution in [3.63, 3.8) is 0 Å². The number of aliphatic hydroxyl groups excluding tert-OH is 1. The van der Waals surface area contributed by atoms with Crippen LogP contribution in [0.3, 0.4) is 0 Å². The number of phenolic OH excluding ortho intramolecular Hbond substituents is 1. The monoisotopic (exact) mass is 735 g/mol. The largest absolute Gasteiger partial charge is 0.507 e. The average molecular weight is 737 g/mol. The summed E-state index contributed by atoms with van der Waals surface area (Å²) >= 11 is 3.34. The zero-order chi connectivity index (χ0) is 34.5. The molecule has 4 heterocycles. The van der Waals surface area contributed by atoms with Crippen LogP contribution in [0.4, 0.5) is 15.3 Å². The van der Waals surface area contributed by atoms with E-state index in [4.69, 9.17) is 12.6 Å². The van der Waals surface area contributed by atoms with Gasteiger partial charge in [0.25, 0.3) is 5.91 Å². The van der Waals surface area contributed by atoms with Crippen LogP contribution in [0.2, 0.25) is 0 Å². The van der Waals surface area contributed by atoms with E-state index in [-0.39, 0.29) is 42.2 Å². The second kappa shape index (κ2) is 16.2. The molecular formula is C36H47BBrN5O6. The summed E-state index contributed by atoms with van der Waals surface area (Å²) in [5.74, 6) is 0.883. The number of nitrogens with one attached hydrogen (secondary N) is 1. The number of hydrogen-bond donors (Lipinski definition) is 3. The average Bonchev–Trinajstić information content (AvgIpc) is 3.28. The summed E-state index contributed by atoms with van der Waals surface area (Å²) in [6, 6.07) is 11.0. The molecule has 11 nitrogen and oxygen atoms in total. The molecule has 4 aliphatic heterocycles. The number of rotatable bonds is 8. The van der Waals surface area contributed by atoms with E-state index < -0.39 is 12.2 Å². The van der Waals surface area contributed by atoms with Gasteiger partial charge in [-0.15, -0.1) is 0 Å². The number of piperidine rings is 3. The number of carbonyl (C=O) groups excluding carboxylic acids is 3. The number of fused-ring (bicyclic) bond motifs is 1. The van der Waals surface area contributed by atoms with Gasteiger partial charge in [0.1, 0.15) is 13.6 Å². The van der Waals surface area contributed by atoms with E-state index in [1.165, 1.54) is 0 Å². The quantitative estimate of drug-likeness (QED) is 0.355. The lowest BCUT2D eigenvalue weighted by Gasteiger charge is -2.41. The summed E-state index contributed by atoms with van der Waals surface area (Å²) in [4.78, 5) is 48.4. The van der Waals surface area contributed by atoms with Gasteiger partial charge in [0.15, 0.2) is 6.10 Å². The van der Waals surface area contributed by atoms with Gasteiger partial charge < -0.3 is 39.9 Å². The van der Waals surface area contributed by atoms with Crippen molar-refractivity contribution in [2.45, 2.75) is 63.5 Å². The van der Waals surface area contributed by atoms with Gasteiger partial charge in [0, 0.05) is 57.4 Å². The first-order valence-electron chi connectivity index (χ1n) is 17.7. The number of β-amino-alcohol motifs (C(OH)–C–C–N with tert-alkyl or cyclic N) is 1. The molecule has 0 aromatic heterocycles. The molecule has 262 valence electrons. The number of halogens is 1. The highest BCUT2D eigenvalue weighted by Gasteiger charge is 2.37. The number of para-hydroxylation sites is 1. The second-order valence-electron chi connectivity index (χ2n) is 13.9. The maximum atomic E-state index is 14.0. The van der Waals surface area contributed by atoms with Gasteiger partial charge in [-0.3, -0.25) is 4.79 Å². The fraction of sp³-hybridized carbons (Fsp3) is 0.583. The van der Waals surface area contributed by atoms with Crippen molar-refractivity contribution < 1.29 is 29.3 Å². The maximum Gasteiger partial charge on any atom is 0.410 e. The van der Waals surface area contributed by atoms with Gasteiger partial charge in [0.2, 0.25) is 0 Å². The van der Waals surface area contributed by atoms with Crippen LogP contribution in [0.1, 0.15) is 49.7 Å². The second-order valence-corrected chi connectivity index (χ2v) is 14.8. The number of urea groups is 1. The number of anilines is 1. The van der Waals surface area contributed by atoms with Gasteiger partial charge in [-0.1, -0.05) is 29.7 Å². The van der Waals surface area contributed by atoms with Crippen LogP contribution in [-0.4, -0.2) is 127 Å². The van der Waals surface area contributed by atoms with Crippen LogP contribution in [0, 0.1) is 11.8 Å². The van der Waals surface area contributed by atoms with E-state index in [9.17, 15) is 24.6 Å². The topological polar surface area (TPSA) is 126 Å². The summed E-state index contributed by atoms with van der Waals surface area (Å²) in [7, 11) is 6.03. The Labute approximate surface area is 298 Å². The molecule has 0 spiro atoms. The molecule has 0 unspecified atom stereocenters. The normalized spacial score (nSPS) is 20.8. The number of hydrogen-bond acceptors (Lipinski definition) is 7. The van der Waals surface area contributed by atoms with E-state index in [1.807, 2.05) is 34.1 Å². The Hall–Kier alpha value is -3.29. The van der Waals surface area contributed by atoms with Gasteiger partial charge >= 0.3 is 12.1 Å². The molecule has 4 amide bonds. The van der Waals surface area contributed by atoms with Crippen molar-refractivity contribution in [1.82, 2.24) is 19.6 Å². The molecule has 0 saturated carbocycles. The summed E-state index contributed by atoms with van der Waals surface area (Å²) in [6.07, 6.45) is 4.59. The van der Waals surface area contributed by atoms with E-state index in [2.05, 4.69) is 26.1 Å². The lowest BCUT2D eigenvalue weighted by molar-refractivity contribution is -0.142. The van der Waals surface area contributed by atoms with Crippen molar-refractivity contribution in [2.75, 3.05) is 64.3 Å². The first-order chi connectivity index (χ1) is 23.7. The summed E-state index contributed by atoms with van der Waals surface area (Å²) in [5, 5.41) is 22.5. The minimum Gasteiger partial charge on any atom is -0.507 e. The van der Waals surface area contributed by atoms with Crippen molar-refractivity contribution in [3.8, 4) is 5.75 Å². The molecule has 0 aliphatic carbocycles. The van der Waals surface area contributed by atoms with Gasteiger partial charge in [0.05, 0.1) is 11.1 Å². The van der Waals surface area contributed by atoms with Crippen molar-refractivity contribution in [2.24, 2.45) is 11.8 Å². The van der Waals surface area contributed by atoms with Crippen LogP contribution in [0.5, 0.6) is 5.75 Å². The summed E-state index contributed by atoms with van der Waals surface area (Å²) < 4.78 is 6.43. The summed E-state index contributed by atoms with van der Waals surface area (Å²) in [6.45, 7) is 5.60. The number of aliphatic hydroxyl groups is 1. The van der Waals surface area contributed by atoms with E-state index in [0.29, 0.717) is 67.4 Å². The number of ether oxygens (including phenoxy) is 1.